The second-order valence-electron chi connectivity index (χ2n) is 5.59. The monoisotopic (exact) mass is 363 g/mol. The first kappa shape index (κ1) is 18.1. The third-order valence-electron chi connectivity index (χ3n) is 3.75. The number of aromatic nitrogens is 2. The van der Waals surface area contributed by atoms with E-state index < -0.39 is 17.4 Å². The molecule has 0 saturated carbocycles. The van der Waals surface area contributed by atoms with Crippen molar-refractivity contribution in [1.29, 1.82) is 0 Å². The van der Waals surface area contributed by atoms with Crippen LogP contribution in [0, 0.1) is 0 Å². The number of hydrogen-bond acceptors (Lipinski definition) is 5. The number of amides is 1. The number of carbonyl (C=O) groups excluding carboxylic acids is 2. The second kappa shape index (κ2) is 8.09. The molecule has 0 fully saturated rings. The molecule has 136 valence electrons. The summed E-state index contributed by atoms with van der Waals surface area (Å²) in [5, 5.41) is 2.61. The highest BCUT2D eigenvalue weighted by atomic mass is 16.5. The van der Waals surface area contributed by atoms with Crippen LogP contribution in [0.4, 0.5) is 5.69 Å². The molecule has 3 aromatic rings. The number of H-pyrrole nitrogens is 1. The lowest BCUT2D eigenvalue weighted by atomic mass is 10.2. The Kier molecular flexibility index (Phi) is 5.41. The van der Waals surface area contributed by atoms with Gasteiger partial charge in [-0.2, -0.15) is 0 Å². The molecule has 3 rings (SSSR count). The van der Waals surface area contributed by atoms with Gasteiger partial charge in [0.25, 0.3) is 11.5 Å². The summed E-state index contributed by atoms with van der Waals surface area (Å²) >= 11 is 0. The van der Waals surface area contributed by atoms with Crippen molar-refractivity contribution in [3.8, 4) is 11.4 Å². The molecule has 7 heteroatoms. The lowest BCUT2D eigenvalue weighted by molar-refractivity contribution is 0.0526. The highest BCUT2D eigenvalue weighted by molar-refractivity contribution is 6.04. The number of nitrogens with one attached hydrogen (secondary N) is 2. The van der Waals surface area contributed by atoms with Gasteiger partial charge in [0.05, 0.1) is 12.2 Å². The maximum Gasteiger partial charge on any atom is 0.338 e. The van der Waals surface area contributed by atoms with Gasteiger partial charge in [-0.1, -0.05) is 30.3 Å². The normalized spacial score (nSPS) is 10.3. The predicted octanol–water partition coefficient (Wildman–Crippen LogP) is 2.87. The van der Waals surface area contributed by atoms with Gasteiger partial charge in [-0.25, -0.2) is 9.78 Å². The molecule has 2 N–H and O–H groups in total. The lowest BCUT2D eigenvalue weighted by Crippen LogP contribution is -2.24. The SMILES string of the molecule is CCOC(=O)c1ccc(NC(=O)c2cnc(-c3ccccc3)[nH]c2=O)cc1. The summed E-state index contributed by atoms with van der Waals surface area (Å²) in [5.41, 5.74) is 0.922. The van der Waals surface area contributed by atoms with Gasteiger partial charge in [0.1, 0.15) is 11.4 Å². The Hall–Kier alpha value is -3.74. The molecule has 7 nitrogen and oxygen atoms in total. The van der Waals surface area contributed by atoms with E-state index in [1.807, 2.05) is 30.3 Å². The summed E-state index contributed by atoms with van der Waals surface area (Å²) in [6, 6.07) is 15.3. The van der Waals surface area contributed by atoms with Crippen molar-refractivity contribution in [1.82, 2.24) is 9.97 Å². The molecule has 0 aliphatic carbocycles. The molecule has 0 bridgehead atoms. The van der Waals surface area contributed by atoms with E-state index in [4.69, 9.17) is 4.74 Å². The number of anilines is 1. The van der Waals surface area contributed by atoms with Crippen molar-refractivity contribution < 1.29 is 14.3 Å². The average Bonchev–Trinajstić information content (AvgIpc) is 2.69. The van der Waals surface area contributed by atoms with Crippen molar-refractivity contribution in [2.75, 3.05) is 11.9 Å². The summed E-state index contributed by atoms with van der Waals surface area (Å²) < 4.78 is 4.90. The molecule has 0 unspecified atom stereocenters. The van der Waals surface area contributed by atoms with Gasteiger partial charge in [0, 0.05) is 17.4 Å². The quantitative estimate of drug-likeness (QED) is 0.679. The van der Waals surface area contributed by atoms with Crippen molar-refractivity contribution >= 4 is 17.6 Å². The van der Waals surface area contributed by atoms with Crippen molar-refractivity contribution in [2.24, 2.45) is 0 Å². The first-order valence-corrected chi connectivity index (χ1v) is 8.31. The smallest absolute Gasteiger partial charge is 0.338 e. The Bertz CT molecular complexity index is 1010. The Labute approximate surface area is 155 Å². The number of hydrogen-bond donors (Lipinski definition) is 2. The molecule has 1 amide bonds. The molecule has 1 aromatic heterocycles. The standard InChI is InChI=1S/C20H17N3O4/c1-2-27-20(26)14-8-10-15(11-9-14)22-18(24)16-12-21-17(23-19(16)25)13-6-4-3-5-7-13/h3-12H,2H2,1H3,(H,22,24)(H,21,23,25). The largest absolute Gasteiger partial charge is 0.462 e. The van der Waals surface area contributed by atoms with Gasteiger partial charge in [-0.05, 0) is 31.2 Å². The Morgan fingerprint density at radius 2 is 1.78 bits per heavy atom. The molecule has 0 aliphatic rings. The van der Waals surface area contributed by atoms with Gasteiger partial charge in [-0.15, -0.1) is 0 Å². The van der Waals surface area contributed by atoms with Crippen LogP contribution >= 0.6 is 0 Å². The van der Waals surface area contributed by atoms with Crippen LogP contribution in [0.25, 0.3) is 11.4 Å². The minimum atomic E-state index is -0.591. The van der Waals surface area contributed by atoms with E-state index in [0.29, 0.717) is 17.1 Å². The molecule has 0 aliphatic heterocycles. The second-order valence-corrected chi connectivity index (χ2v) is 5.59. The van der Waals surface area contributed by atoms with Crippen LogP contribution in [-0.4, -0.2) is 28.5 Å². The molecule has 0 atom stereocenters. The van der Waals surface area contributed by atoms with Crippen LogP contribution in [0.15, 0.2) is 65.6 Å². The third-order valence-corrected chi connectivity index (χ3v) is 3.75. The zero-order valence-electron chi connectivity index (χ0n) is 14.6. The Balaban J connectivity index is 1.75. The van der Waals surface area contributed by atoms with E-state index in [-0.39, 0.29) is 12.2 Å². The van der Waals surface area contributed by atoms with E-state index in [2.05, 4.69) is 15.3 Å². The number of benzene rings is 2. The van der Waals surface area contributed by atoms with Crippen LogP contribution < -0.4 is 10.9 Å². The minimum Gasteiger partial charge on any atom is -0.462 e. The summed E-state index contributed by atoms with van der Waals surface area (Å²) in [7, 11) is 0. The van der Waals surface area contributed by atoms with Gasteiger partial charge in [-0.3, -0.25) is 9.59 Å². The first-order valence-electron chi connectivity index (χ1n) is 8.31. The van der Waals surface area contributed by atoms with Crippen LogP contribution in [0.1, 0.15) is 27.6 Å². The molecule has 1 heterocycles. The van der Waals surface area contributed by atoms with Crippen LogP contribution in [-0.2, 0) is 4.74 Å². The van der Waals surface area contributed by atoms with Crippen LogP contribution in [0.3, 0.4) is 0 Å². The molecular weight excluding hydrogens is 346 g/mol. The summed E-state index contributed by atoms with van der Waals surface area (Å²) in [5.74, 6) is -0.643. The van der Waals surface area contributed by atoms with E-state index >= 15 is 0 Å². The first-order chi connectivity index (χ1) is 13.1. The fourth-order valence-corrected chi connectivity index (χ4v) is 2.40. The number of ether oxygens (including phenoxy) is 1. The fourth-order valence-electron chi connectivity index (χ4n) is 2.40. The molecule has 0 radical (unpaired) electrons. The predicted molar refractivity (Wildman–Crippen MR) is 101 cm³/mol. The van der Waals surface area contributed by atoms with Crippen LogP contribution in [0.5, 0.6) is 0 Å². The third kappa shape index (κ3) is 4.27. The van der Waals surface area contributed by atoms with E-state index in [0.717, 1.165) is 5.56 Å². The van der Waals surface area contributed by atoms with Crippen molar-refractivity contribution in [3.05, 3.63) is 82.3 Å². The fraction of sp³-hybridized carbons (Fsp3) is 0.100. The number of carbonyl (C=O) groups is 2. The van der Waals surface area contributed by atoms with Crippen molar-refractivity contribution in [3.63, 3.8) is 0 Å². The average molecular weight is 363 g/mol. The minimum absolute atomic E-state index is 0.107. The lowest BCUT2D eigenvalue weighted by Gasteiger charge is -2.07. The summed E-state index contributed by atoms with van der Waals surface area (Å²) in [6.45, 7) is 2.01. The molecular formula is C20H17N3O4. The highest BCUT2D eigenvalue weighted by Crippen LogP contribution is 2.13. The van der Waals surface area contributed by atoms with E-state index in [1.54, 1.807) is 19.1 Å². The number of nitrogens with zero attached hydrogens (tertiary/aromatic N) is 1. The van der Waals surface area contributed by atoms with Gasteiger partial charge < -0.3 is 15.0 Å². The zero-order chi connectivity index (χ0) is 19.2. The molecule has 27 heavy (non-hydrogen) atoms. The molecule has 2 aromatic carbocycles. The number of rotatable bonds is 5. The van der Waals surface area contributed by atoms with Gasteiger partial charge >= 0.3 is 5.97 Å². The van der Waals surface area contributed by atoms with E-state index in [9.17, 15) is 14.4 Å². The molecule has 0 spiro atoms. The topological polar surface area (TPSA) is 101 Å². The number of esters is 1. The highest BCUT2D eigenvalue weighted by Gasteiger charge is 2.13. The van der Waals surface area contributed by atoms with Gasteiger partial charge in [0.2, 0.25) is 0 Å². The maximum absolute atomic E-state index is 12.3. The van der Waals surface area contributed by atoms with Crippen LogP contribution in [0.2, 0.25) is 0 Å². The van der Waals surface area contributed by atoms with Gasteiger partial charge in [0.15, 0.2) is 0 Å². The molecule has 0 saturated heterocycles. The zero-order valence-corrected chi connectivity index (χ0v) is 14.6. The summed E-state index contributed by atoms with van der Waals surface area (Å²) in [6.07, 6.45) is 1.24. The Morgan fingerprint density at radius 3 is 2.41 bits per heavy atom. The van der Waals surface area contributed by atoms with Crippen molar-refractivity contribution in [2.45, 2.75) is 6.92 Å². The summed E-state index contributed by atoms with van der Waals surface area (Å²) in [4.78, 5) is 43.0. The Morgan fingerprint density at radius 1 is 1.07 bits per heavy atom. The maximum atomic E-state index is 12.3. The number of aromatic amines is 1. The van der Waals surface area contributed by atoms with E-state index in [1.165, 1.54) is 18.3 Å².